The van der Waals surface area contributed by atoms with Crippen LogP contribution in [0.4, 0.5) is 0 Å². The smallest absolute Gasteiger partial charge is 0 e. The van der Waals surface area contributed by atoms with Crippen LogP contribution in [0.1, 0.15) is 41.5 Å². The zero-order valence-corrected chi connectivity index (χ0v) is 13.0. The van der Waals surface area contributed by atoms with Crippen molar-refractivity contribution in [1.82, 2.24) is 0 Å². The van der Waals surface area contributed by atoms with Crippen molar-refractivity contribution in [2.75, 3.05) is 0 Å². The van der Waals surface area contributed by atoms with Crippen molar-refractivity contribution < 1.29 is 16.5 Å². The largest absolute Gasteiger partial charge is 0.0643 e. The normalized spacial score (nSPS) is 12.4. The second-order valence-electron chi connectivity index (χ2n) is 6.01. The Labute approximate surface area is 112 Å². The van der Waals surface area contributed by atoms with Crippen LogP contribution in [0.25, 0.3) is 0 Å². The molecule has 0 saturated carbocycles. The summed E-state index contributed by atoms with van der Waals surface area (Å²) in [6.07, 6.45) is 0. The predicted octanol–water partition coefficient (Wildman–Crippen LogP) is 4.39. The van der Waals surface area contributed by atoms with E-state index in [4.69, 9.17) is 0 Å². The number of benzene rings is 1. The summed E-state index contributed by atoms with van der Waals surface area (Å²) in [6, 6.07) is 11.0. The standard InChI is InChI=1S/C14H23P.Ni/c1-13(2,3)15(14(4,5)6)12-10-8-7-9-11-12;/h7-11H,1-6H3;. The van der Waals surface area contributed by atoms with E-state index in [0.717, 1.165) is 0 Å². The summed E-state index contributed by atoms with van der Waals surface area (Å²) in [5.74, 6) is 0. The maximum absolute atomic E-state index is 2.36. The molecule has 0 N–H and O–H groups in total. The van der Waals surface area contributed by atoms with Crippen LogP contribution < -0.4 is 5.30 Å². The molecule has 0 bridgehead atoms. The van der Waals surface area contributed by atoms with E-state index in [1.807, 2.05) is 0 Å². The molecule has 0 amide bonds. The van der Waals surface area contributed by atoms with Crippen molar-refractivity contribution in [2.24, 2.45) is 0 Å². The molecule has 0 aliphatic heterocycles. The van der Waals surface area contributed by atoms with E-state index in [1.54, 1.807) is 0 Å². The molecule has 16 heavy (non-hydrogen) atoms. The van der Waals surface area contributed by atoms with E-state index in [2.05, 4.69) is 71.9 Å². The molecule has 0 saturated heterocycles. The van der Waals surface area contributed by atoms with Gasteiger partial charge in [0, 0.05) is 16.5 Å². The molecule has 0 nitrogen and oxygen atoms in total. The van der Waals surface area contributed by atoms with Gasteiger partial charge in [-0.05, 0) is 15.6 Å². The number of rotatable bonds is 1. The predicted molar refractivity (Wildman–Crippen MR) is 72.5 cm³/mol. The van der Waals surface area contributed by atoms with Gasteiger partial charge in [-0.25, -0.2) is 0 Å². The summed E-state index contributed by atoms with van der Waals surface area (Å²) in [5.41, 5.74) is 0. The van der Waals surface area contributed by atoms with Gasteiger partial charge in [0.25, 0.3) is 0 Å². The fourth-order valence-corrected chi connectivity index (χ4v) is 6.39. The molecule has 1 rings (SSSR count). The van der Waals surface area contributed by atoms with Crippen LogP contribution in [-0.2, 0) is 16.5 Å². The molecule has 1 aromatic carbocycles. The third kappa shape index (κ3) is 4.19. The minimum atomic E-state index is -0.138. The van der Waals surface area contributed by atoms with Crippen LogP contribution in [0.3, 0.4) is 0 Å². The van der Waals surface area contributed by atoms with E-state index in [9.17, 15) is 0 Å². The van der Waals surface area contributed by atoms with Crippen molar-refractivity contribution in [1.29, 1.82) is 0 Å². The molecule has 0 aliphatic rings. The van der Waals surface area contributed by atoms with Crippen LogP contribution >= 0.6 is 7.92 Å². The average Bonchev–Trinajstić information content (AvgIpc) is 2.00. The van der Waals surface area contributed by atoms with Crippen molar-refractivity contribution in [2.45, 2.75) is 51.9 Å². The van der Waals surface area contributed by atoms with E-state index < -0.39 is 0 Å². The number of hydrogen-bond acceptors (Lipinski definition) is 0. The van der Waals surface area contributed by atoms with E-state index >= 15 is 0 Å². The Bertz CT molecular complexity index is 292. The SMILES string of the molecule is CC(C)(C)P(c1ccccc1)C(C)(C)C.[Ni]. The Morgan fingerprint density at radius 2 is 1.12 bits per heavy atom. The first kappa shape index (κ1) is 16.1. The summed E-state index contributed by atoms with van der Waals surface area (Å²) < 4.78 is 0. The molecule has 0 unspecified atom stereocenters. The van der Waals surface area contributed by atoms with E-state index in [-0.39, 0.29) is 24.4 Å². The van der Waals surface area contributed by atoms with Crippen molar-refractivity contribution >= 4 is 13.2 Å². The summed E-state index contributed by atoms with van der Waals surface area (Å²) in [7, 11) is -0.138. The van der Waals surface area contributed by atoms with Crippen LogP contribution in [0.2, 0.25) is 0 Å². The second-order valence-corrected chi connectivity index (χ2v) is 9.88. The van der Waals surface area contributed by atoms with Gasteiger partial charge in [0.05, 0.1) is 0 Å². The van der Waals surface area contributed by atoms with Gasteiger partial charge in [-0.3, -0.25) is 0 Å². The molecule has 2 heteroatoms. The Morgan fingerprint density at radius 3 is 1.44 bits per heavy atom. The molecule has 0 aliphatic carbocycles. The zero-order chi connectivity index (χ0) is 11.7. The summed E-state index contributed by atoms with van der Waals surface area (Å²) in [6.45, 7) is 14.1. The zero-order valence-electron chi connectivity index (χ0n) is 11.2. The van der Waals surface area contributed by atoms with Gasteiger partial charge in [0.1, 0.15) is 0 Å². The summed E-state index contributed by atoms with van der Waals surface area (Å²) >= 11 is 0. The molecule has 0 heterocycles. The monoisotopic (exact) mass is 280 g/mol. The molecule has 0 radical (unpaired) electrons. The first-order valence-corrected chi connectivity index (χ1v) is 6.92. The Kier molecular flexibility index (Phi) is 5.71. The van der Waals surface area contributed by atoms with Crippen LogP contribution in [0.15, 0.2) is 30.3 Å². The van der Waals surface area contributed by atoms with Gasteiger partial charge in [-0.1, -0.05) is 79.8 Å². The Hall–Kier alpha value is 0.144. The van der Waals surface area contributed by atoms with Crippen LogP contribution in [0.5, 0.6) is 0 Å². The first-order chi connectivity index (χ1) is 6.73. The molecule has 0 fully saturated rings. The Morgan fingerprint density at radius 1 is 0.750 bits per heavy atom. The van der Waals surface area contributed by atoms with Crippen LogP contribution in [0, 0.1) is 0 Å². The fraction of sp³-hybridized carbons (Fsp3) is 0.571. The molecule has 0 atom stereocenters. The second kappa shape index (κ2) is 5.66. The third-order valence-electron chi connectivity index (χ3n) is 2.36. The maximum atomic E-state index is 2.36. The maximum Gasteiger partial charge on any atom is 0 e. The van der Waals surface area contributed by atoms with Gasteiger partial charge < -0.3 is 0 Å². The first-order valence-electron chi connectivity index (χ1n) is 5.58. The van der Waals surface area contributed by atoms with Gasteiger partial charge in [-0.15, -0.1) is 0 Å². The molecule has 94 valence electrons. The fourth-order valence-electron chi connectivity index (χ4n) is 2.36. The van der Waals surface area contributed by atoms with E-state index in [0.29, 0.717) is 10.3 Å². The minimum absolute atomic E-state index is 0. The quantitative estimate of drug-likeness (QED) is 0.529. The topological polar surface area (TPSA) is 0 Å². The molecule has 1 aromatic rings. The number of hydrogen-bond donors (Lipinski definition) is 0. The molecular weight excluding hydrogens is 258 g/mol. The Balaban J connectivity index is 0.00000225. The van der Waals surface area contributed by atoms with Gasteiger partial charge in [0.2, 0.25) is 0 Å². The molecule has 0 aromatic heterocycles. The van der Waals surface area contributed by atoms with Gasteiger partial charge in [0.15, 0.2) is 0 Å². The van der Waals surface area contributed by atoms with Gasteiger partial charge in [-0.2, -0.15) is 0 Å². The van der Waals surface area contributed by atoms with Crippen LogP contribution in [-0.4, -0.2) is 10.3 Å². The third-order valence-corrected chi connectivity index (χ3v) is 5.85. The summed E-state index contributed by atoms with van der Waals surface area (Å²) in [5, 5.41) is 2.26. The van der Waals surface area contributed by atoms with E-state index in [1.165, 1.54) is 5.30 Å². The average molecular weight is 281 g/mol. The van der Waals surface area contributed by atoms with Gasteiger partial charge >= 0.3 is 0 Å². The van der Waals surface area contributed by atoms with Crippen molar-refractivity contribution in [3.05, 3.63) is 30.3 Å². The molecule has 0 spiro atoms. The molecular formula is C14H23NiP. The van der Waals surface area contributed by atoms with Crippen molar-refractivity contribution in [3.8, 4) is 0 Å². The summed E-state index contributed by atoms with van der Waals surface area (Å²) in [4.78, 5) is 0. The van der Waals surface area contributed by atoms with Crippen molar-refractivity contribution in [3.63, 3.8) is 0 Å². The minimum Gasteiger partial charge on any atom is -0.0643 e.